The molecule has 0 fully saturated rings. The second-order valence-electron chi connectivity index (χ2n) is 7.56. The van der Waals surface area contributed by atoms with E-state index >= 15 is 0 Å². The van der Waals surface area contributed by atoms with Gasteiger partial charge in [0.1, 0.15) is 16.1 Å². The van der Waals surface area contributed by atoms with E-state index in [1.165, 1.54) is 20.7 Å². The SMILES string of the molecule is C[Si](C)(c1ccccc1)c1ccc([Si](C)(C)c2ccccc2)cc1. The molecule has 0 aromatic heterocycles. The van der Waals surface area contributed by atoms with Gasteiger partial charge in [-0.3, -0.25) is 0 Å². The van der Waals surface area contributed by atoms with Crippen molar-refractivity contribution < 1.29 is 0 Å². The van der Waals surface area contributed by atoms with Crippen molar-refractivity contribution in [2.24, 2.45) is 0 Å². The Balaban J connectivity index is 1.94. The molecule has 0 aliphatic heterocycles. The zero-order valence-corrected chi connectivity index (χ0v) is 17.1. The van der Waals surface area contributed by atoms with Crippen LogP contribution in [0.3, 0.4) is 0 Å². The van der Waals surface area contributed by atoms with Gasteiger partial charge in [0.2, 0.25) is 0 Å². The van der Waals surface area contributed by atoms with Crippen LogP contribution in [0.1, 0.15) is 0 Å². The van der Waals surface area contributed by atoms with Crippen molar-refractivity contribution in [3.63, 3.8) is 0 Å². The van der Waals surface area contributed by atoms with E-state index < -0.39 is 16.1 Å². The lowest BCUT2D eigenvalue weighted by Crippen LogP contribution is -2.55. The Morgan fingerprint density at radius 1 is 0.375 bits per heavy atom. The highest BCUT2D eigenvalue weighted by atomic mass is 28.3. The third-order valence-corrected chi connectivity index (χ3v) is 12.4. The Labute approximate surface area is 148 Å². The van der Waals surface area contributed by atoms with Crippen LogP contribution in [0, 0.1) is 0 Å². The quantitative estimate of drug-likeness (QED) is 0.636. The monoisotopic (exact) mass is 346 g/mol. The van der Waals surface area contributed by atoms with Gasteiger partial charge in [-0.05, 0) is 0 Å². The topological polar surface area (TPSA) is 0 Å². The molecule has 0 bridgehead atoms. The third kappa shape index (κ3) is 3.17. The van der Waals surface area contributed by atoms with E-state index in [4.69, 9.17) is 0 Å². The summed E-state index contributed by atoms with van der Waals surface area (Å²) in [5, 5.41) is 6.01. The molecule has 3 aromatic carbocycles. The van der Waals surface area contributed by atoms with Crippen LogP contribution in [0.2, 0.25) is 26.2 Å². The molecule has 0 saturated carbocycles. The summed E-state index contributed by atoms with van der Waals surface area (Å²) in [5.74, 6) is 0. The van der Waals surface area contributed by atoms with Crippen molar-refractivity contribution >= 4 is 36.9 Å². The summed E-state index contributed by atoms with van der Waals surface area (Å²) >= 11 is 0. The fourth-order valence-corrected chi connectivity index (χ4v) is 8.06. The lowest BCUT2D eigenvalue weighted by atomic mass is 10.3. The van der Waals surface area contributed by atoms with Gasteiger partial charge in [0.15, 0.2) is 0 Å². The Morgan fingerprint density at radius 3 is 0.917 bits per heavy atom. The molecule has 0 N–H and O–H groups in total. The molecule has 24 heavy (non-hydrogen) atoms. The van der Waals surface area contributed by atoms with Gasteiger partial charge in [-0.15, -0.1) is 0 Å². The number of hydrogen-bond donors (Lipinski definition) is 0. The number of hydrogen-bond acceptors (Lipinski definition) is 0. The molecule has 0 aliphatic rings. The van der Waals surface area contributed by atoms with Crippen LogP contribution in [0.5, 0.6) is 0 Å². The normalized spacial score (nSPS) is 12.2. The molecule has 0 nitrogen and oxygen atoms in total. The van der Waals surface area contributed by atoms with Crippen molar-refractivity contribution in [2.75, 3.05) is 0 Å². The second-order valence-corrected chi connectivity index (χ2v) is 16.4. The molecule has 0 spiro atoms. The summed E-state index contributed by atoms with van der Waals surface area (Å²) < 4.78 is 0. The minimum atomic E-state index is -1.60. The molecular formula is C22H26Si2. The van der Waals surface area contributed by atoms with Crippen LogP contribution in [0.15, 0.2) is 84.9 Å². The molecule has 122 valence electrons. The standard InChI is InChI=1S/C22H26Si2/c1-23(2,19-11-7-5-8-12-19)21-15-17-22(18-16-21)24(3,4)20-13-9-6-10-14-20/h5-18H,1-4H3. The summed E-state index contributed by atoms with van der Waals surface area (Å²) in [6, 6.07) is 31.5. The Bertz CT molecular complexity index is 718. The highest BCUT2D eigenvalue weighted by molar-refractivity contribution is 7.01. The molecule has 3 rings (SSSR count). The average molecular weight is 347 g/mol. The van der Waals surface area contributed by atoms with E-state index in [1.807, 2.05) is 0 Å². The van der Waals surface area contributed by atoms with Gasteiger partial charge < -0.3 is 0 Å². The summed E-state index contributed by atoms with van der Waals surface area (Å²) in [6.07, 6.45) is 0. The molecule has 0 saturated heterocycles. The first-order valence-electron chi connectivity index (χ1n) is 8.64. The molecule has 0 radical (unpaired) electrons. The van der Waals surface area contributed by atoms with Gasteiger partial charge in [0, 0.05) is 0 Å². The smallest absolute Gasteiger partial charge is 0.0627 e. The van der Waals surface area contributed by atoms with Crippen LogP contribution in [-0.4, -0.2) is 16.1 Å². The van der Waals surface area contributed by atoms with Gasteiger partial charge in [-0.2, -0.15) is 0 Å². The van der Waals surface area contributed by atoms with Crippen molar-refractivity contribution in [3.8, 4) is 0 Å². The van der Waals surface area contributed by atoms with Crippen LogP contribution in [0.25, 0.3) is 0 Å². The van der Waals surface area contributed by atoms with Gasteiger partial charge in [0.05, 0.1) is 0 Å². The molecule has 0 atom stereocenters. The largest absolute Gasteiger partial charge is 0.112 e. The van der Waals surface area contributed by atoms with Crippen molar-refractivity contribution in [3.05, 3.63) is 84.9 Å². The maximum absolute atomic E-state index is 2.44. The molecule has 0 aliphatic carbocycles. The lowest BCUT2D eigenvalue weighted by Gasteiger charge is -2.27. The molecule has 2 heteroatoms. The van der Waals surface area contributed by atoms with E-state index in [-0.39, 0.29) is 0 Å². The Hall–Kier alpha value is -1.91. The van der Waals surface area contributed by atoms with Gasteiger partial charge in [-0.25, -0.2) is 0 Å². The molecule has 0 unspecified atom stereocenters. The van der Waals surface area contributed by atoms with E-state index in [2.05, 4.69) is 111 Å². The first kappa shape index (κ1) is 16.9. The fraction of sp³-hybridized carbons (Fsp3) is 0.182. The van der Waals surface area contributed by atoms with Gasteiger partial charge in [0.25, 0.3) is 0 Å². The lowest BCUT2D eigenvalue weighted by molar-refractivity contribution is 1.66. The zero-order valence-electron chi connectivity index (χ0n) is 15.1. The van der Waals surface area contributed by atoms with E-state index in [1.54, 1.807) is 0 Å². The predicted molar refractivity (Wildman–Crippen MR) is 113 cm³/mol. The highest BCUT2D eigenvalue weighted by Gasteiger charge is 2.28. The minimum absolute atomic E-state index is 1.50. The Morgan fingerprint density at radius 2 is 0.625 bits per heavy atom. The summed E-state index contributed by atoms with van der Waals surface area (Å²) in [6.45, 7) is 9.77. The van der Waals surface area contributed by atoms with Crippen LogP contribution >= 0.6 is 0 Å². The highest BCUT2D eigenvalue weighted by Crippen LogP contribution is 2.07. The van der Waals surface area contributed by atoms with Crippen LogP contribution in [0.4, 0.5) is 0 Å². The average Bonchev–Trinajstić information content (AvgIpc) is 2.63. The summed E-state index contributed by atoms with van der Waals surface area (Å²) in [4.78, 5) is 0. The van der Waals surface area contributed by atoms with E-state index in [0.717, 1.165) is 0 Å². The van der Waals surface area contributed by atoms with Crippen LogP contribution in [-0.2, 0) is 0 Å². The minimum Gasteiger partial charge on any atom is -0.0627 e. The molecule has 0 heterocycles. The first-order valence-corrected chi connectivity index (χ1v) is 14.6. The van der Waals surface area contributed by atoms with E-state index in [9.17, 15) is 0 Å². The first-order chi connectivity index (χ1) is 11.4. The Kier molecular flexibility index (Phi) is 4.61. The molecule has 0 amide bonds. The zero-order chi connectivity index (χ0) is 17.2. The summed E-state index contributed by atoms with van der Waals surface area (Å²) in [5.41, 5.74) is 0. The molecular weight excluding hydrogens is 320 g/mol. The molecule has 3 aromatic rings. The van der Waals surface area contributed by atoms with Crippen LogP contribution < -0.4 is 20.7 Å². The van der Waals surface area contributed by atoms with Crippen molar-refractivity contribution in [1.82, 2.24) is 0 Å². The number of benzene rings is 3. The van der Waals surface area contributed by atoms with Crippen molar-refractivity contribution in [1.29, 1.82) is 0 Å². The van der Waals surface area contributed by atoms with Gasteiger partial charge in [-0.1, -0.05) is 132 Å². The fourth-order valence-electron chi connectivity index (χ4n) is 3.35. The summed E-state index contributed by atoms with van der Waals surface area (Å²) in [7, 11) is -3.20. The van der Waals surface area contributed by atoms with Gasteiger partial charge >= 0.3 is 0 Å². The predicted octanol–water partition coefficient (Wildman–Crippen LogP) is 3.33. The second kappa shape index (κ2) is 6.54. The van der Waals surface area contributed by atoms with E-state index in [0.29, 0.717) is 0 Å². The maximum atomic E-state index is 2.44. The van der Waals surface area contributed by atoms with Crippen molar-refractivity contribution in [2.45, 2.75) is 26.2 Å². The third-order valence-electron chi connectivity index (χ3n) is 5.32. The maximum Gasteiger partial charge on any atom is 0.112 e. The number of rotatable bonds is 4.